The van der Waals surface area contributed by atoms with Gasteiger partial charge in [-0.25, -0.2) is 15.2 Å². The van der Waals surface area contributed by atoms with Crippen LogP contribution in [0.25, 0.3) is 10.9 Å². The van der Waals surface area contributed by atoms with Crippen molar-refractivity contribution in [3.63, 3.8) is 0 Å². The highest BCUT2D eigenvalue weighted by Crippen LogP contribution is 2.27. The summed E-state index contributed by atoms with van der Waals surface area (Å²) < 4.78 is 0. The van der Waals surface area contributed by atoms with Gasteiger partial charge in [0, 0.05) is 56.6 Å². The molecule has 0 aliphatic carbocycles. The van der Waals surface area contributed by atoms with Crippen LogP contribution in [0.4, 0.5) is 23.3 Å². The van der Waals surface area contributed by atoms with E-state index >= 15 is 0 Å². The van der Waals surface area contributed by atoms with Gasteiger partial charge in [0.15, 0.2) is 5.16 Å². The average Bonchev–Trinajstić information content (AvgIpc) is 4.23. The second-order valence-corrected chi connectivity index (χ2v) is 20.1. The maximum absolute atomic E-state index is 12.6. The van der Waals surface area contributed by atoms with E-state index in [0.717, 1.165) is 38.3 Å². The Kier molecular flexibility index (Phi) is 19.3. The number of nitrogens with zero attached hydrogens (tertiary/aromatic N) is 7. The fourth-order valence-corrected chi connectivity index (χ4v) is 9.41. The lowest BCUT2D eigenvalue weighted by Gasteiger charge is -2.07. The minimum Gasteiger partial charge on any atom is -0.368 e. The third-order valence-electron chi connectivity index (χ3n) is 10.4. The van der Waals surface area contributed by atoms with Gasteiger partial charge >= 0.3 is 0 Å². The summed E-state index contributed by atoms with van der Waals surface area (Å²) in [6.45, 7) is 0.450. The van der Waals surface area contributed by atoms with E-state index in [1.807, 2.05) is 97.1 Å². The highest BCUT2D eigenvalue weighted by Gasteiger charge is 2.12. The highest BCUT2D eigenvalue weighted by atomic mass is 35.5. The molecule has 0 aliphatic rings. The van der Waals surface area contributed by atoms with Gasteiger partial charge in [-0.3, -0.25) is 24.5 Å². The van der Waals surface area contributed by atoms with Gasteiger partial charge < -0.3 is 27.4 Å². The Labute approximate surface area is 462 Å². The number of H-pyrrole nitrogens is 3. The van der Waals surface area contributed by atoms with Crippen molar-refractivity contribution >= 4 is 122 Å². The molecule has 18 nitrogen and oxygen atoms in total. The fourth-order valence-electron chi connectivity index (χ4n) is 6.77. The van der Waals surface area contributed by atoms with Gasteiger partial charge in [0.25, 0.3) is 17.7 Å². The molecule has 10 rings (SSSR count). The Morgan fingerprint density at radius 1 is 0.526 bits per heavy atom. The molecule has 0 aliphatic heterocycles. The molecule has 24 heteroatoms. The van der Waals surface area contributed by atoms with Crippen molar-refractivity contribution in [2.24, 2.45) is 0 Å². The highest BCUT2D eigenvalue weighted by molar-refractivity contribution is 7.98. The minimum atomic E-state index is -0.229. The van der Waals surface area contributed by atoms with Gasteiger partial charge in [-0.2, -0.15) is 15.1 Å². The van der Waals surface area contributed by atoms with Crippen LogP contribution in [-0.4, -0.2) is 68.2 Å². The Balaban J connectivity index is 0.000000151. The number of carbonyl (C=O) groups excluding carboxylic acids is 3. The molecule has 0 radical (unpaired) electrons. The zero-order valence-corrected chi connectivity index (χ0v) is 44.4. The lowest BCUT2D eigenvalue weighted by atomic mass is 10.1. The maximum Gasteiger partial charge on any atom is 0.255 e. The van der Waals surface area contributed by atoms with E-state index in [9.17, 15) is 14.4 Å². The van der Waals surface area contributed by atoms with Crippen molar-refractivity contribution in [3.05, 3.63) is 212 Å². The quantitative estimate of drug-likeness (QED) is 0.0418. The summed E-state index contributed by atoms with van der Waals surface area (Å²) >= 11 is 22.1. The van der Waals surface area contributed by atoms with Crippen LogP contribution >= 0.6 is 70.1 Å². The molecule has 0 unspecified atom stereocenters. The summed E-state index contributed by atoms with van der Waals surface area (Å²) in [7, 11) is 0. The number of aromatic amines is 3. The van der Waals surface area contributed by atoms with Crippen molar-refractivity contribution in [1.82, 2.24) is 55.8 Å². The summed E-state index contributed by atoms with van der Waals surface area (Å²) in [5.41, 5.74) is 18.9. The number of hydrogen-bond donors (Lipinski definition) is 8. The van der Waals surface area contributed by atoms with Gasteiger partial charge in [-0.1, -0.05) is 137 Å². The lowest BCUT2D eigenvalue weighted by molar-refractivity contribution is 0.0949. The lowest BCUT2D eigenvalue weighted by Crippen LogP contribution is -2.22. The normalized spacial score (nSPS) is 10.7. The largest absolute Gasteiger partial charge is 0.368 e. The van der Waals surface area contributed by atoms with Gasteiger partial charge in [0.05, 0.1) is 27.4 Å². The Morgan fingerprint density at radius 2 is 1.09 bits per heavy atom. The molecule has 0 spiro atoms. The van der Waals surface area contributed by atoms with E-state index < -0.39 is 0 Å². The molecule has 0 fully saturated rings. The Bertz CT molecular complexity index is 3570. The van der Waals surface area contributed by atoms with Crippen LogP contribution in [0.15, 0.2) is 174 Å². The van der Waals surface area contributed by atoms with Gasteiger partial charge in [-0.05, 0) is 101 Å². The van der Waals surface area contributed by atoms with E-state index in [0.29, 0.717) is 77.2 Å². The number of halogens is 3. The molecule has 0 bridgehead atoms. The molecule has 10 N–H and O–H groups in total. The van der Waals surface area contributed by atoms with Crippen molar-refractivity contribution < 1.29 is 14.4 Å². The zero-order chi connectivity index (χ0) is 53.2. The van der Waals surface area contributed by atoms with E-state index in [1.54, 1.807) is 54.7 Å². The summed E-state index contributed by atoms with van der Waals surface area (Å²) in [5.74, 6) is 2.02. The molecular weight excluding hydrogens is 1090 g/mol. The molecule has 76 heavy (non-hydrogen) atoms. The monoisotopic (exact) mass is 1130 g/mol. The number of nitrogen functional groups attached to an aromatic ring is 2. The average molecular weight is 1130 g/mol. The van der Waals surface area contributed by atoms with E-state index in [2.05, 4.69) is 66.5 Å². The van der Waals surface area contributed by atoms with Crippen LogP contribution in [0.2, 0.25) is 15.1 Å². The van der Waals surface area contributed by atoms with Crippen LogP contribution in [0.3, 0.4) is 0 Å². The number of pyridine rings is 1. The van der Waals surface area contributed by atoms with Gasteiger partial charge in [0.1, 0.15) is 6.33 Å². The topological polar surface area (TPSA) is 277 Å². The summed E-state index contributed by atoms with van der Waals surface area (Å²) in [4.78, 5) is 53.8. The molecule has 3 amide bonds. The van der Waals surface area contributed by atoms with E-state index in [4.69, 9.17) is 46.3 Å². The minimum absolute atomic E-state index is 0.121. The maximum atomic E-state index is 12.6. The molecule has 0 atom stereocenters. The predicted octanol–water partition coefficient (Wildman–Crippen LogP) is 11.4. The first-order valence-corrected chi connectivity index (χ1v) is 26.8. The number of nitrogens with one attached hydrogen (secondary N) is 6. The molecule has 0 saturated heterocycles. The second kappa shape index (κ2) is 27.0. The van der Waals surface area contributed by atoms with E-state index in [1.165, 1.54) is 41.6 Å². The number of anilines is 4. The SMILES string of the molecule is Nc1nc(SCc2cccc(C(=O)NCc3ccc(Cl)cc3)c2)n[nH]1.Nc1nc(SCc2cccc(C(=O)Nc3ccc(Cl)c(Cl)c3)c2)n[nH]1.O=C(Nc1cnc2ccccc2c1)c1cccc(CSc2ncn[nH]2)c1. The first kappa shape index (κ1) is 54.3. The van der Waals surface area contributed by atoms with Crippen molar-refractivity contribution in [2.45, 2.75) is 39.3 Å². The third kappa shape index (κ3) is 16.5. The standard InChI is InChI=1S/C19H15N5OS.C17H16ClN5OS.C16H13Cl2N5OS/c25-18(23-16-9-14-5-1-2-7-17(14)20-10-16)15-6-3-4-13(8-15)11-26-19-21-12-22-24-19;18-14-6-4-11(5-7-14)9-20-15(24)13-3-1-2-12(8-13)10-25-17-21-16(19)22-23-17;17-12-5-4-11(7-13(12)18)20-14(24)10-3-1-2-9(6-10)8-25-16-21-15(19)22-23-16/h1-10,12H,11H2,(H,23,25)(H,21,22,24);1-8H,9-10H2,(H,20,24)(H3,19,21,22,23);1-7H,8H2,(H,20,24)(H3,19,21,22,23). The number of nitrogens with two attached hydrogens (primary N) is 2. The van der Waals surface area contributed by atoms with Gasteiger partial charge in [-0.15, -0.1) is 10.2 Å². The van der Waals surface area contributed by atoms with Crippen molar-refractivity contribution in [1.29, 1.82) is 0 Å². The Morgan fingerprint density at radius 3 is 1.64 bits per heavy atom. The molecular formula is C52H44Cl3N15O3S3. The first-order valence-electron chi connectivity index (χ1n) is 22.7. The van der Waals surface area contributed by atoms with Crippen LogP contribution in [0, 0.1) is 0 Å². The second-order valence-electron chi connectivity index (χ2n) is 16.0. The van der Waals surface area contributed by atoms with Crippen LogP contribution in [0.5, 0.6) is 0 Å². The molecule has 4 aromatic heterocycles. The number of rotatable bonds is 16. The number of amides is 3. The number of carbonyl (C=O) groups is 3. The fraction of sp³-hybridized carbons (Fsp3) is 0.0769. The van der Waals surface area contributed by atoms with Crippen LogP contribution in [0.1, 0.15) is 53.3 Å². The summed E-state index contributed by atoms with van der Waals surface area (Å²) in [6.07, 6.45) is 3.15. The molecule has 0 saturated carbocycles. The number of aromatic nitrogens is 10. The zero-order valence-electron chi connectivity index (χ0n) is 39.7. The van der Waals surface area contributed by atoms with Crippen LogP contribution < -0.4 is 27.4 Å². The summed E-state index contributed by atoms with van der Waals surface area (Å²) in [6, 6.07) is 44.4. The van der Waals surface area contributed by atoms with Crippen molar-refractivity contribution in [3.8, 4) is 0 Å². The van der Waals surface area contributed by atoms with E-state index in [-0.39, 0.29) is 29.6 Å². The molecule has 384 valence electrons. The molecule has 4 heterocycles. The summed E-state index contributed by atoms with van der Waals surface area (Å²) in [5, 5.41) is 32.7. The molecule has 10 aromatic rings. The Hall–Kier alpha value is -7.92. The smallest absolute Gasteiger partial charge is 0.255 e. The van der Waals surface area contributed by atoms with Crippen LogP contribution in [-0.2, 0) is 23.8 Å². The number of para-hydroxylation sites is 1. The number of hydrogen-bond acceptors (Lipinski definition) is 15. The number of fused-ring (bicyclic) bond motifs is 1. The van der Waals surface area contributed by atoms with Crippen molar-refractivity contribution in [2.75, 3.05) is 22.1 Å². The van der Waals surface area contributed by atoms with Gasteiger partial charge in [0.2, 0.25) is 22.2 Å². The number of benzene rings is 6. The number of thioether (sulfide) groups is 3. The first-order chi connectivity index (χ1) is 36.9. The predicted molar refractivity (Wildman–Crippen MR) is 303 cm³/mol. The molecule has 6 aromatic carbocycles. The third-order valence-corrected chi connectivity index (χ3v) is 14.2.